The summed E-state index contributed by atoms with van der Waals surface area (Å²) in [5, 5.41) is 9.39. The van der Waals surface area contributed by atoms with Crippen LogP contribution in [0.2, 0.25) is 0 Å². The molecule has 180 valence electrons. The zero-order chi connectivity index (χ0) is 23.9. The molecule has 7 nitrogen and oxygen atoms in total. The van der Waals surface area contributed by atoms with Gasteiger partial charge in [-0.2, -0.15) is 0 Å². The smallest absolute Gasteiger partial charge is 0.236 e. The maximum atomic E-state index is 13.4. The number of aromatic nitrogens is 4. The highest BCUT2D eigenvalue weighted by Gasteiger charge is 2.29. The molecule has 0 spiro atoms. The van der Waals surface area contributed by atoms with Crippen molar-refractivity contribution in [1.29, 1.82) is 0 Å². The molecule has 1 saturated carbocycles. The Kier molecular flexibility index (Phi) is 8.21. The quantitative estimate of drug-likeness (QED) is 0.383. The maximum absolute atomic E-state index is 13.4. The van der Waals surface area contributed by atoms with Gasteiger partial charge in [-0.1, -0.05) is 31.0 Å². The van der Waals surface area contributed by atoms with Crippen molar-refractivity contribution in [1.82, 2.24) is 24.6 Å². The summed E-state index contributed by atoms with van der Waals surface area (Å²) in [5.74, 6) is 1.67. The average Bonchev–Trinajstić information content (AvgIpc) is 3.29. The van der Waals surface area contributed by atoms with Gasteiger partial charge in [-0.15, -0.1) is 10.2 Å². The molecule has 34 heavy (non-hydrogen) atoms. The van der Waals surface area contributed by atoms with Crippen molar-refractivity contribution in [2.45, 2.75) is 69.3 Å². The number of ether oxygens (including phenoxy) is 1. The molecule has 0 saturated heterocycles. The predicted octanol–water partition coefficient (Wildman–Crippen LogP) is 5.39. The molecular formula is C26H33N5O2S. The van der Waals surface area contributed by atoms with Crippen molar-refractivity contribution >= 4 is 17.7 Å². The largest absolute Gasteiger partial charge is 0.494 e. The highest BCUT2D eigenvalue weighted by atomic mass is 32.2. The van der Waals surface area contributed by atoms with Gasteiger partial charge in [0.25, 0.3) is 0 Å². The van der Waals surface area contributed by atoms with E-state index < -0.39 is 0 Å². The first kappa shape index (κ1) is 24.3. The van der Waals surface area contributed by atoms with Crippen LogP contribution in [0.3, 0.4) is 0 Å². The first-order valence-electron chi connectivity index (χ1n) is 12.2. The third-order valence-corrected chi connectivity index (χ3v) is 7.26. The van der Waals surface area contributed by atoms with Gasteiger partial charge in [0.05, 0.1) is 11.9 Å². The molecule has 4 rings (SSSR count). The molecule has 1 amide bonds. The van der Waals surface area contributed by atoms with Gasteiger partial charge in [-0.05, 0) is 70.0 Å². The second-order valence-corrected chi connectivity index (χ2v) is 9.79. The molecule has 2 aromatic heterocycles. The molecule has 3 aromatic rings. The Balaban J connectivity index is 1.63. The lowest BCUT2D eigenvalue weighted by atomic mass is 9.94. The summed E-state index contributed by atoms with van der Waals surface area (Å²) >= 11 is 1.46. The summed E-state index contributed by atoms with van der Waals surface area (Å²) in [6, 6.07) is 12.1. The number of thioether (sulfide) groups is 1. The molecule has 1 unspecified atom stereocenters. The van der Waals surface area contributed by atoms with Crippen molar-refractivity contribution in [3.05, 3.63) is 48.8 Å². The van der Waals surface area contributed by atoms with E-state index in [4.69, 9.17) is 4.74 Å². The summed E-state index contributed by atoms with van der Waals surface area (Å²) in [5.41, 5.74) is 1.78. The van der Waals surface area contributed by atoms with E-state index in [0.29, 0.717) is 23.6 Å². The lowest BCUT2D eigenvalue weighted by Crippen LogP contribution is -2.44. The third-order valence-electron chi connectivity index (χ3n) is 6.23. The molecule has 8 heteroatoms. The normalized spacial score (nSPS) is 15.1. The molecule has 0 N–H and O–H groups in total. The summed E-state index contributed by atoms with van der Waals surface area (Å²) in [4.78, 5) is 19.8. The van der Waals surface area contributed by atoms with Crippen molar-refractivity contribution < 1.29 is 9.53 Å². The molecule has 0 bridgehead atoms. The Morgan fingerprint density at radius 3 is 2.56 bits per heavy atom. The molecule has 0 aliphatic heterocycles. The summed E-state index contributed by atoms with van der Waals surface area (Å²) < 4.78 is 7.61. The van der Waals surface area contributed by atoms with Crippen molar-refractivity contribution in [3.8, 4) is 22.8 Å². The van der Waals surface area contributed by atoms with Crippen molar-refractivity contribution in [2.24, 2.45) is 0 Å². The topological polar surface area (TPSA) is 73.1 Å². The zero-order valence-corrected chi connectivity index (χ0v) is 21.0. The fourth-order valence-electron chi connectivity index (χ4n) is 4.55. The number of hydrogen-bond acceptors (Lipinski definition) is 6. The molecule has 1 aliphatic rings. The molecular weight excluding hydrogens is 446 g/mol. The van der Waals surface area contributed by atoms with Gasteiger partial charge in [0.2, 0.25) is 5.91 Å². The van der Waals surface area contributed by atoms with Crippen LogP contribution in [0.4, 0.5) is 0 Å². The summed E-state index contributed by atoms with van der Waals surface area (Å²) in [6.45, 7) is 7.37. The second-order valence-electron chi connectivity index (χ2n) is 8.49. The molecule has 1 atom stereocenters. The number of carbonyl (C=O) groups excluding carboxylic acids is 1. The van der Waals surface area contributed by atoms with Gasteiger partial charge >= 0.3 is 0 Å². The standard InChI is InChI=1S/C26H33N5O2S/c1-4-30(21-11-7-6-8-12-21)25(32)19(3)34-26-29-28-24(20-10-9-17-27-18-20)31(26)22-13-15-23(16-14-22)33-5-2/h9-10,13-19,21H,4-8,11-12H2,1-3H3. The highest BCUT2D eigenvalue weighted by Crippen LogP contribution is 2.32. The average molecular weight is 480 g/mol. The molecule has 0 radical (unpaired) electrons. The van der Waals surface area contributed by atoms with Gasteiger partial charge in [-0.25, -0.2) is 0 Å². The lowest BCUT2D eigenvalue weighted by molar-refractivity contribution is -0.133. The van der Waals surface area contributed by atoms with Gasteiger partial charge in [0.15, 0.2) is 11.0 Å². The first-order chi connectivity index (χ1) is 16.6. The number of pyridine rings is 1. The van der Waals surface area contributed by atoms with Gasteiger partial charge in [-0.3, -0.25) is 14.3 Å². The fraction of sp³-hybridized carbons (Fsp3) is 0.462. The number of benzene rings is 1. The fourth-order valence-corrected chi connectivity index (χ4v) is 5.49. The van der Waals surface area contributed by atoms with Crippen LogP contribution in [-0.4, -0.2) is 55.0 Å². The van der Waals surface area contributed by atoms with Crippen LogP contribution in [0, 0.1) is 0 Å². The number of amides is 1. The van der Waals surface area contributed by atoms with Crippen molar-refractivity contribution in [2.75, 3.05) is 13.2 Å². The SMILES string of the molecule is CCOc1ccc(-n2c(SC(C)C(=O)N(CC)C3CCCCC3)nnc2-c2cccnc2)cc1. The minimum absolute atomic E-state index is 0.170. The molecule has 1 aliphatic carbocycles. The Morgan fingerprint density at radius 1 is 1.15 bits per heavy atom. The summed E-state index contributed by atoms with van der Waals surface area (Å²) in [7, 11) is 0. The van der Waals surface area contributed by atoms with E-state index in [1.165, 1.54) is 31.0 Å². The van der Waals surface area contributed by atoms with Gasteiger partial charge in [0, 0.05) is 36.2 Å². The van der Waals surface area contributed by atoms with Crippen molar-refractivity contribution in [3.63, 3.8) is 0 Å². The van der Waals surface area contributed by atoms with Gasteiger partial charge < -0.3 is 9.64 Å². The molecule has 2 heterocycles. The van der Waals surface area contributed by atoms with Crippen LogP contribution in [0.1, 0.15) is 52.9 Å². The second kappa shape index (κ2) is 11.5. The van der Waals surface area contributed by atoms with Gasteiger partial charge in [0.1, 0.15) is 5.75 Å². The Morgan fingerprint density at radius 2 is 1.91 bits per heavy atom. The van der Waals surface area contributed by atoms with Crippen LogP contribution in [-0.2, 0) is 4.79 Å². The minimum atomic E-state index is -0.269. The van der Waals surface area contributed by atoms with E-state index in [9.17, 15) is 4.79 Å². The zero-order valence-electron chi connectivity index (χ0n) is 20.2. The van der Waals surface area contributed by atoms with Crippen LogP contribution in [0.25, 0.3) is 17.1 Å². The van der Waals surface area contributed by atoms with Crippen LogP contribution < -0.4 is 4.74 Å². The Labute approximate surface area is 205 Å². The van der Waals surface area contributed by atoms with E-state index in [1.807, 2.05) is 54.8 Å². The van der Waals surface area contributed by atoms with E-state index in [1.54, 1.807) is 12.4 Å². The third kappa shape index (κ3) is 5.43. The Hall–Kier alpha value is -2.87. The molecule has 1 fully saturated rings. The lowest BCUT2D eigenvalue weighted by Gasteiger charge is -2.35. The number of carbonyl (C=O) groups is 1. The van der Waals surface area contributed by atoms with E-state index in [2.05, 4.69) is 27.0 Å². The summed E-state index contributed by atoms with van der Waals surface area (Å²) in [6.07, 6.45) is 9.40. The number of nitrogens with zero attached hydrogens (tertiary/aromatic N) is 5. The predicted molar refractivity (Wildman–Crippen MR) is 135 cm³/mol. The van der Waals surface area contributed by atoms with Crippen LogP contribution in [0.15, 0.2) is 53.9 Å². The van der Waals surface area contributed by atoms with E-state index in [0.717, 1.165) is 36.4 Å². The minimum Gasteiger partial charge on any atom is -0.494 e. The van der Waals surface area contributed by atoms with E-state index >= 15 is 0 Å². The highest BCUT2D eigenvalue weighted by molar-refractivity contribution is 8.00. The first-order valence-corrected chi connectivity index (χ1v) is 13.1. The van der Waals surface area contributed by atoms with Crippen LogP contribution >= 0.6 is 11.8 Å². The number of hydrogen-bond donors (Lipinski definition) is 0. The monoisotopic (exact) mass is 479 g/mol. The van der Waals surface area contributed by atoms with Crippen LogP contribution in [0.5, 0.6) is 5.75 Å². The maximum Gasteiger partial charge on any atom is 0.236 e. The van der Waals surface area contributed by atoms with E-state index in [-0.39, 0.29) is 11.2 Å². The Bertz CT molecular complexity index is 1060. The molecule has 1 aromatic carbocycles. The number of rotatable bonds is 9.